The summed E-state index contributed by atoms with van der Waals surface area (Å²) in [5, 5.41) is 0. The number of ether oxygens (including phenoxy) is 4. The third kappa shape index (κ3) is 8.93. The van der Waals surface area contributed by atoms with Gasteiger partial charge >= 0.3 is 0 Å². The predicted octanol–water partition coefficient (Wildman–Crippen LogP) is 12.6. The minimum atomic E-state index is -0.348. The number of rotatable bonds is 18. The van der Waals surface area contributed by atoms with Gasteiger partial charge in [-0.15, -0.1) is 0 Å². The number of benzene rings is 8. The Balaban J connectivity index is 1.14. The van der Waals surface area contributed by atoms with Crippen molar-refractivity contribution >= 4 is 57.3 Å². The number of methoxy groups -OCH3 is 2. The second kappa shape index (κ2) is 20.5. The van der Waals surface area contributed by atoms with Crippen LogP contribution in [0.15, 0.2) is 230 Å². The molecule has 2 aliphatic heterocycles. The van der Waals surface area contributed by atoms with Crippen LogP contribution in [0, 0.1) is 0 Å². The third-order valence-electron chi connectivity index (χ3n) is 12.3. The van der Waals surface area contributed by atoms with Gasteiger partial charge in [0.1, 0.15) is 36.2 Å². The lowest BCUT2D eigenvalue weighted by molar-refractivity contribution is -0.124. The van der Waals surface area contributed by atoms with Crippen LogP contribution in [0.2, 0.25) is 0 Å². The van der Waals surface area contributed by atoms with Gasteiger partial charge in [0.2, 0.25) is 0 Å². The van der Waals surface area contributed by atoms with E-state index in [9.17, 15) is 0 Å². The number of para-hydroxylation sites is 6. The summed E-state index contributed by atoms with van der Waals surface area (Å²) in [6, 6.07) is 71.1. The van der Waals surface area contributed by atoms with E-state index in [1.807, 2.05) is 170 Å². The van der Waals surface area contributed by atoms with Gasteiger partial charge in [-0.2, -0.15) is 0 Å². The Morgan fingerprint density at radius 2 is 0.671 bits per heavy atom. The maximum atomic E-state index is 15.5. The van der Waals surface area contributed by atoms with Crippen molar-refractivity contribution in [3.8, 4) is 23.0 Å². The first-order valence-corrected chi connectivity index (χ1v) is 23.2. The van der Waals surface area contributed by atoms with Crippen LogP contribution >= 0.6 is 0 Å². The van der Waals surface area contributed by atoms with Crippen LogP contribution in [0.3, 0.4) is 0 Å². The summed E-state index contributed by atoms with van der Waals surface area (Å²) in [5.74, 6) is 1.59. The molecule has 0 spiro atoms. The van der Waals surface area contributed by atoms with Gasteiger partial charge in [0.05, 0.1) is 49.8 Å². The molecular weight excluding hydrogens is 873 g/mol. The molecule has 0 atom stereocenters. The van der Waals surface area contributed by atoms with Gasteiger partial charge in [-0.3, -0.25) is 9.59 Å². The predicted molar refractivity (Wildman–Crippen MR) is 276 cm³/mol. The fraction of sp³-hybridized carbons (Fsp3) is 0.100. The Morgan fingerprint density at radius 3 is 0.971 bits per heavy atom. The molecule has 10 heteroatoms. The quantitative estimate of drug-likeness (QED) is 0.0841. The SMILES string of the molecule is COc1cc(N(c2ccccc2)c2ccccc2)ccc1C1=C2C(=O)N(CCOc3ccccc3)C(c3ccc(N(c4ccccc4)c4ccccc4)cc3OC)=C2C(=O)N1CCOc1ccccc1. The van der Waals surface area contributed by atoms with Crippen LogP contribution in [0.5, 0.6) is 23.0 Å². The van der Waals surface area contributed by atoms with Crippen molar-refractivity contribution in [3.05, 3.63) is 241 Å². The van der Waals surface area contributed by atoms with Gasteiger partial charge in [-0.1, -0.05) is 109 Å². The summed E-state index contributed by atoms with van der Waals surface area (Å²) in [6.45, 7) is 0.581. The molecule has 0 aromatic heterocycles. The van der Waals surface area contributed by atoms with E-state index in [0.29, 0.717) is 45.5 Å². The molecule has 8 aromatic carbocycles. The first-order valence-electron chi connectivity index (χ1n) is 23.2. The number of nitrogens with zero attached hydrogens (tertiary/aromatic N) is 4. The Hall–Kier alpha value is -9.02. The first-order chi connectivity index (χ1) is 34.5. The van der Waals surface area contributed by atoms with Gasteiger partial charge in [0.25, 0.3) is 11.8 Å². The molecule has 2 aliphatic rings. The summed E-state index contributed by atoms with van der Waals surface area (Å²) < 4.78 is 24.9. The maximum Gasteiger partial charge on any atom is 0.261 e. The fourth-order valence-corrected chi connectivity index (χ4v) is 9.16. The number of hydrogen-bond acceptors (Lipinski definition) is 8. The molecule has 0 aliphatic carbocycles. The van der Waals surface area contributed by atoms with Gasteiger partial charge in [-0.05, 0) is 97.1 Å². The minimum absolute atomic E-state index is 0.137. The number of amides is 2. The zero-order chi connectivity index (χ0) is 47.8. The molecule has 346 valence electrons. The van der Waals surface area contributed by atoms with Crippen molar-refractivity contribution in [2.24, 2.45) is 0 Å². The Kier molecular flexibility index (Phi) is 13.1. The molecule has 0 unspecified atom stereocenters. The number of anilines is 6. The molecular formula is C60H50N4O6. The normalized spacial score (nSPS) is 13.1. The van der Waals surface area contributed by atoms with Crippen molar-refractivity contribution in [2.75, 3.05) is 50.3 Å². The van der Waals surface area contributed by atoms with Gasteiger partial charge in [-0.25, -0.2) is 0 Å². The molecule has 10 nitrogen and oxygen atoms in total. The van der Waals surface area contributed by atoms with Crippen LogP contribution in [-0.4, -0.2) is 62.1 Å². The lowest BCUT2D eigenvalue weighted by Gasteiger charge is -2.29. The minimum Gasteiger partial charge on any atom is -0.496 e. The Bertz CT molecular complexity index is 2870. The number of hydrogen-bond donors (Lipinski definition) is 0. The highest BCUT2D eigenvalue weighted by atomic mass is 16.5. The molecule has 2 amide bonds. The van der Waals surface area contributed by atoms with Gasteiger partial charge < -0.3 is 38.5 Å². The molecule has 0 N–H and O–H groups in total. The van der Waals surface area contributed by atoms with Crippen LogP contribution in [0.1, 0.15) is 11.1 Å². The van der Waals surface area contributed by atoms with Crippen LogP contribution < -0.4 is 28.7 Å². The van der Waals surface area contributed by atoms with Crippen LogP contribution in [-0.2, 0) is 9.59 Å². The van der Waals surface area contributed by atoms with E-state index in [0.717, 1.165) is 34.1 Å². The maximum absolute atomic E-state index is 15.5. The molecule has 0 bridgehead atoms. The summed E-state index contributed by atoms with van der Waals surface area (Å²) in [5.41, 5.74) is 7.97. The zero-order valence-electron chi connectivity index (χ0n) is 38.9. The molecule has 10 rings (SSSR count). The molecule has 8 aromatic rings. The number of fused-ring (bicyclic) bond motifs is 1. The van der Waals surface area contributed by atoms with Crippen molar-refractivity contribution < 1.29 is 28.5 Å². The smallest absolute Gasteiger partial charge is 0.261 e. The summed E-state index contributed by atoms with van der Waals surface area (Å²) in [7, 11) is 3.21. The average Bonchev–Trinajstić information content (AvgIpc) is 3.86. The molecule has 0 saturated carbocycles. The number of carbonyl (C=O) groups is 2. The second-order valence-corrected chi connectivity index (χ2v) is 16.5. The monoisotopic (exact) mass is 922 g/mol. The van der Waals surface area contributed by atoms with E-state index in [4.69, 9.17) is 18.9 Å². The Labute approximate surface area is 408 Å². The molecule has 2 heterocycles. The second-order valence-electron chi connectivity index (χ2n) is 16.5. The largest absolute Gasteiger partial charge is 0.496 e. The molecule has 0 radical (unpaired) electrons. The fourth-order valence-electron chi connectivity index (χ4n) is 9.16. The average molecular weight is 923 g/mol. The van der Waals surface area contributed by atoms with Crippen molar-refractivity contribution in [1.82, 2.24) is 9.80 Å². The topological polar surface area (TPSA) is 84.0 Å². The first kappa shape index (κ1) is 44.8. The van der Waals surface area contributed by atoms with E-state index >= 15 is 9.59 Å². The van der Waals surface area contributed by atoms with E-state index < -0.39 is 0 Å². The van der Waals surface area contributed by atoms with Crippen molar-refractivity contribution in [3.63, 3.8) is 0 Å². The summed E-state index contributed by atoms with van der Waals surface area (Å²) in [4.78, 5) is 38.7. The van der Waals surface area contributed by atoms with Gasteiger partial charge in [0, 0.05) is 57.4 Å². The highest BCUT2D eigenvalue weighted by Gasteiger charge is 2.50. The lowest BCUT2D eigenvalue weighted by atomic mass is 10.00. The van der Waals surface area contributed by atoms with Crippen LogP contribution in [0.25, 0.3) is 11.4 Å². The van der Waals surface area contributed by atoms with E-state index in [1.54, 1.807) is 24.0 Å². The van der Waals surface area contributed by atoms with Crippen LogP contribution in [0.4, 0.5) is 34.1 Å². The van der Waals surface area contributed by atoms with Crippen molar-refractivity contribution in [1.29, 1.82) is 0 Å². The van der Waals surface area contributed by atoms with E-state index in [-0.39, 0.29) is 49.3 Å². The van der Waals surface area contributed by atoms with E-state index in [1.165, 1.54) is 0 Å². The summed E-state index contributed by atoms with van der Waals surface area (Å²) in [6.07, 6.45) is 0. The Morgan fingerprint density at radius 1 is 0.371 bits per heavy atom. The lowest BCUT2D eigenvalue weighted by Crippen LogP contribution is -2.34. The molecule has 0 saturated heterocycles. The van der Waals surface area contributed by atoms with Gasteiger partial charge in [0.15, 0.2) is 0 Å². The summed E-state index contributed by atoms with van der Waals surface area (Å²) >= 11 is 0. The van der Waals surface area contributed by atoms with Crippen molar-refractivity contribution in [2.45, 2.75) is 0 Å². The highest BCUT2D eigenvalue weighted by molar-refractivity contribution is 6.30. The zero-order valence-corrected chi connectivity index (χ0v) is 38.9. The number of carbonyl (C=O) groups excluding carboxylic acids is 2. The standard InChI is InChI=1S/C60H50N4O6/c1-67-53-41-47(63(43-21-9-3-10-22-43)44-23-11-4-12-24-44)33-35-51(53)57-55-56(60(66)61(57)37-39-69-49-29-17-7-18-30-49)58(62(59(55)65)38-40-70-50-31-19-8-20-32-50)52-36-34-48(42-54(52)68-2)64(45-25-13-5-14-26-45)46-27-15-6-16-28-46/h3-36,41-42H,37-40H2,1-2H3. The molecule has 0 fully saturated rings. The third-order valence-corrected chi connectivity index (χ3v) is 12.3. The molecule has 70 heavy (non-hydrogen) atoms. The van der Waals surface area contributed by atoms with E-state index in [2.05, 4.69) is 58.3 Å². The highest BCUT2D eigenvalue weighted by Crippen LogP contribution is 2.51.